The molecule has 0 atom stereocenters. The smallest absolute Gasteiger partial charge is 0.335 e. The van der Waals surface area contributed by atoms with Crippen molar-refractivity contribution >= 4 is 23.8 Å². The van der Waals surface area contributed by atoms with Gasteiger partial charge in [0, 0.05) is 12.6 Å². The van der Waals surface area contributed by atoms with Gasteiger partial charge in [-0.3, -0.25) is 9.79 Å². The third-order valence-electron chi connectivity index (χ3n) is 3.42. The molecule has 0 radical (unpaired) electrons. The largest absolute Gasteiger partial charge is 0.490 e. The van der Waals surface area contributed by atoms with Crippen molar-refractivity contribution in [3.05, 3.63) is 53.6 Å². The third-order valence-corrected chi connectivity index (χ3v) is 3.42. The number of hydrogen-bond donors (Lipinski definition) is 1. The maximum Gasteiger partial charge on any atom is 0.335 e. The Morgan fingerprint density at radius 3 is 2.42 bits per heavy atom. The minimum absolute atomic E-state index is 0.209. The zero-order valence-electron chi connectivity index (χ0n) is 14.8. The molecule has 0 aliphatic rings. The Bertz CT molecular complexity index is 796. The van der Waals surface area contributed by atoms with E-state index in [-0.39, 0.29) is 11.5 Å². The van der Waals surface area contributed by atoms with E-state index in [4.69, 9.17) is 14.6 Å². The number of hydrogen-bond acceptors (Lipinski definition) is 5. The molecule has 2 aromatic carbocycles. The van der Waals surface area contributed by atoms with E-state index in [9.17, 15) is 9.59 Å². The van der Waals surface area contributed by atoms with Crippen LogP contribution in [0.5, 0.6) is 11.5 Å². The summed E-state index contributed by atoms with van der Waals surface area (Å²) < 4.78 is 10.9. The van der Waals surface area contributed by atoms with Gasteiger partial charge in [0.25, 0.3) is 0 Å². The lowest BCUT2D eigenvalue weighted by Crippen LogP contribution is -2.08. The van der Waals surface area contributed by atoms with Gasteiger partial charge in [0.2, 0.25) is 0 Å². The Morgan fingerprint density at radius 2 is 1.81 bits per heavy atom. The number of aromatic carboxylic acids is 1. The van der Waals surface area contributed by atoms with E-state index >= 15 is 0 Å². The van der Waals surface area contributed by atoms with Crippen molar-refractivity contribution in [1.82, 2.24) is 0 Å². The molecule has 2 rings (SSSR count). The van der Waals surface area contributed by atoms with Crippen molar-refractivity contribution in [2.75, 3.05) is 6.61 Å². The van der Waals surface area contributed by atoms with Gasteiger partial charge in [-0.15, -0.1) is 0 Å². The fraction of sp³-hybridized carbons (Fsp3) is 0.250. The van der Waals surface area contributed by atoms with Crippen molar-refractivity contribution in [2.24, 2.45) is 4.99 Å². The van der Waals surface area contributed by atoms with Gasteiger partial charge in [-0.2, -0.15) is 0 Å². The number of nitrogens with zero attached hydrogens (tertiary/aromatic N) is 1. The molecule has 0 fully saturated rings. The minimum atomic E-state index is -0.977. The summed E-state index contributed by atoms with van der Waals surface area (Å²) in [5.74, 6) is -0.418. The Hall–Kier alpha value is -3.15. The van der Waals surface area contributed by atoms with Gasteiger partial charge < -0.3 is 14.6 Å². The van der Waals surface area contributed by atoms with Crippen LogP contribution in [0, 0.1) is 0 Å². The van der Waals surface area contributed by atoms with Gasteiger partial charge in [0.15, 0.2) is 11.5 Å². The van der Waals surface area contributed by atoms with Crippen molar-refractivity contribution in [1.29, 1.82) is 0 Å². The van der Waals surface area contributed by atoms with Gasteiger partial charge in [-0.1, -0.05) is 6.92 Å². The molecular weight excluding hydrogens is 334 g/mol. The van der Waals surface area contributed by atoms with Crippen LogP contribution in [0.25, 0.3) is 0 Å². The molecule has 26 heavy (non-hydrogen) atoms. The Kier molecular flexibility index (Phi) is 6.91. The summed E-state index contributed by atoms with van der Waals surface area (Å²) in [5.41, 5.74) is 1.61. The predicted octanol–water partition coefficient (Wildman–Crippen LogP) is 4.24. The predicted molar refractivity (Wildman–Crippen MR) is 98.8 cm³/mol. The summed E-state index contributed by atoms with van der Waals surface area (Å²) in [5, 5.41) is 8.90. The average molecular weight is 355 g/mol. The summed E-state index contributed by atoms with van der Waals surface area (Å²) in [6, 6.07) is 11.4. The molecule has 0 bridgehead atoms. The summed E-state index contributed by atoms with van der Waals surface area (Å²) in [6.07, 6.45) is 2.70. The van der Waals surface area contributed by atoms with Crippen LogP contribution in [-0.4, -0.2) is 29.9 Å². The number of ether oxygens (including phenoxy) is 2. The zero-order valence-corrected chi connectivity index (χ0v) is 14.8. The number of esters is 1. The number of carbonyl (C=O) groups excluding carboxylic acids is 1. The van der Waals surface area contributed by atoms with Gasteiger partial charge in [-0.05, 0) is 61.4 Å². The first-order valence-electron chi connectivity index (χ1n) is 8.38. The highest BCUT2D eigenvalue weighted by atomic mass is 16.6. The molecule has 0 spiro atoms. The Balaban J connectivity index is 2.17. The summed E-state index contributed by atoms with van der Waals surface area (Å²) >= 11 is 0. The number of aliphatic imine (C=N–C) groups is 1. The molecule has 1 N–H and O–H groups in total. The van der Waals surface area contributed by atoms with Crippen LogP contribution in [0.1, 0.15) is 42.6 Å². The molecule has 0 heterocycles. The lowest BCUT2D eigenvalue weighted by Gasteiger charge is -2.11. The number of carboxylic acid groups (broad SMARTS) is 1. The lowest BCUT2D eigenvalue weighted by molar-refractivity contribution is -0.134. The van der Waals surface area contributed by atoms with E-state index in [1.807, 2.05) is 13.8 Å². The Labute approximate surface area is 152 Å². The van der Waals surface area contributed by atoms with Crippen LogP contribution in [0.15, 0.2) is 47.5 Å². The molecule has 0 saturated heterocycles. The maximum atomic E-state index is 11.7. The molecule has 0 aliphatic carbocycles. The summed E-state index contributed by atoms with van der Waals surface area (Å²) in [7, 11) is 0. The highest BCUT2D eigenvalue weighted by molar-refractivity contribution is 5.88. The van der Waals surface area contributed by atoms with Crippen molar-refractivity contribution < 1.29 is 24.2 Å². The third kappa shape index (κ3) is 5.44. The highest BCUT2D eigenvalue weighted by Crippen LogP contribution is 2.28. The van der Waals surface area contributed by atoms with Gasteiger partial charge >= 0.3 is 11.9 Å². The van der Waals surface area contributed by atoms with E-state index in [1.165, 1.54) is 12.1 Å². The second-order valence-corrected chi connectivity index (χ2v) is 5.47. The first-order chi connectivity index (χ1) is 12.5. The van der Waals surface area contributed by atoms with Crippen LogP contribution < -0.4 is 9.47 Å². The Morgan fingerprint density at radius 1 is 1.08 bits per heavy atom. The fourth-order valence-electron chi connectivity index (χ4n) is 2.17. The zero-order chi connectivity index (χ0) is 18.9. The topological polar surface area (TPSA) is 85.2 Å². The minimum Gasteiger partial charge on any atom is -0.490 e. The van der Waals surface area contributed by atoms with Crippen LogP contribution in [0.3, 0.4) is 0 Å². The quantitative estimate of drug-likeness (QED) is 0.435. The van der Waals surface area contributed by atoms with Gasteiger partial charge in [-0.25, -0.2) is 4.79 Å². The standard InChI is InChI=1S/C20H21NO5/c1-3-5-19(22)26-17-11-6-14(12-18(17)25-4-2)13-21-16-9-7-15(8-10-16)20(23)24/h6-13H,3-5H2,1-2H3,(H,23,24). The van der Waals surface area contributed by atoms with Crippen molar-refractivity contribution in [3.8, 4) is 11.5 Å². The second kappa shape index (κ2) is 9.36. The highest BCUT2D eigenvalue weighted by Gasteiger charge is 2.10. The van der Waals surface area contributed by atoms with E-state index in [2.05, 4.69) is 4.99 Å². The molecule has 6 heteroatoms. The molecular formula is C20H21NO5. The average Bonchev–Trinajstić information content (AvgIpc) is 2.62. The van der Waals surface area contributed by atoms with Crippen molar-refractivity contribution in [2.45, 2.75) is 26.7 Å². The fourth-order valence-corrected chi connectivity index (χ4v) is 2.17. The number of benzene rings is 2. The number of carboxylic acids is 1. The molecule has 0 unspecified atom stereocenters. The molecule has 6 nitrogen and oxygen atoms in total. The van der Waals surface area contributed by atoms with Gasteiger partial charge in [0.1, 0.15) is 0 Å². The van der Waals surface area contributed by atoms with Crippen LogP contribution in [-0.2, 0) is 4.79 Å². The molecule has 0 saturated carbocycles. The number of rotatable bonds is 8. The van der Waals surface area contributed by atoms with Gasteiger partial charge in [0.05, 0.1) is 17.9 Å². The molecule has 2 aromatic rings. The SMILES string of the molecule is CCCC(=O)Oc1ccc(C=Nc2ccc(C(=O)O)cc2)cc1OCC. The van der Waals surface area contributed by atoms with E-state index in [0.717, 1.165) is 5.56 Å². The monoisotopic (exact) mass is 355 g/mol. The van der Waals surface area contributed by atoms with E-state index in [1.54, 1.807) is 36.5 Å². The van der Waals surface area contributed by atoms with E-state index in [0.29, 0.717) is 36.6 Å². The van der Waals surface area contributed by atoms with Crippen LogP contribution >= 0.6 is 0 Å². The molecule has 0 aromatic heterocycles. The first-order valence-corrected chi connectivity index (χ1v) is 8.38. The molecule has 0 aliphatic heterocycles. The normalized spacial score (nSPS) is 10.7. The van der Waals surface area contributed by atoms with Crippen LogP contribution in [0.4, 0.5) is 5.69 Å². The maximum absolute atomic E-state index is 11.7. The van der Waals surface area contributed by atoms with Crippen LogP contribution in [0.2, 0.25) is 0 Å². The molecule has 0 amide bonds. The lowest BCUT2D eigenvalue weighted by atomic mass is 10.2. The summed E-state index contributed by atoms with van der Waals surface area (Å²) in [6.45, 7) is 4.20. The second-order valence-electron chi connectivity index (χ2n) is 5.47. The van der Waals surface area contributed by atoms with Crippen molar-refractivity contribution in [3.63, 3.8) is 0 Å². The van der Waals surface area contributed by atoms with E-state index < -0.39 is 5.97 Å². The number of carbonyl (C=O) groups is 2. The molecule has 136 valence electrons. The first kappa shape index (κ1) is 19.2. The summed E-state index contributed by atoms with van der Waals surface area (Å²) in [4.78, 5) is 26.9.